The number of benzene rings is 2. The van der Waals surface area contributed by atoms with Crippen molar-refractivity contribution in [2.24, 2.45) is 0 Å². The van der Waals surface area contributed by atoms with Crippen molar-refractivity contribution in [2.75, 3.05) is 33.1 Å². The summed E-state index contributed by atoms with van der Waals surface area (Å²) in [5, 5.41) is 12.2. The molecule has 1 amide bonds. The number of carbonyl (C=O) groups is 2. The van der Waals surface area contributed by atoms with Crippen LogP contribution < -0.4 is 10.1 Å². The van der Waals surface area contributed by atoms with Gasteiger partial charge in [0.25, 0.3) is 5.91 Å². The number of carbonyl (C=O) groups excluding carboxylic acids is 2. The lowest BCUT2D eigenvalue weighted by Crippen LogP contribution is -2.24. The molecule has 156 valence electrons. The largest absolute Gasteiger partial charge is 0.507 e. The Morgan fingerprint density at radius 2 is 1.83 bits per heavy atom. The van der Waals surface area contributed by atoms with Crippen LogP contribution in [-0.4, -0.2) is 57.5 Å². The molecule has 0 aromatic heterocycles. The highest BCUT2D eigenvalue weighted by Crippen LogP contribution is 2.24. The van der Waals surface area contributed by atoms with E-state index in [9.17, 15) is 23.1 Å². The van der Waals surface area contributed by atoms with Crippen LogP contribution in [-0.2, 0) is 19.6 Å². The summed E-state index contributed by atoms with van der Waals surface area (Å²) in [5.41, 5.74) is 0.616. The van der Waals surface area contributed by atoms with E-state index in [2.05, 4.69) is 5.32 Å². The number of methoxy groups -OCH3 is 1. The van der Waals surface area contributed by atoms with Crippen LogP contribution in [0.3, 0.4) is 0 Å². The standard InChI is InChI=1S/C19H22N2O7S/c1-12-5-6-13(9-17(12)29(25,26)21(2)3)20-18(23)11-28-19(24)15-10-14(27-4)7-8-16(15)22/h5-10,22H,11H2,1-4H3,(H,20,23). The molecule has 0 atom stereocenters. The molecule has 10 heteroatoms. The number of ether oxygens (including phenoxy) is 2. The molecule has 0 spiro atoms. The summed E-state index contributed by atoms with van der Waals surface area (Å²) in [6, 6.07) is 8.46. The van der Waals surface area contributed by atoms with Gasteiger partial charge in [-0.2, -0.15) is 0 Å². The molecule has 0 aliphatic carbocycles. The van der Waals surface area contributed by atoms with Gasteiger partial charge in [0.2, 0.25) is 10.0 Å². The van der Waals surface area contributed by atoms with Gasteiger partial charge in [-0.3, -0.25) is 4.79 Å². The molecule has 0 unspecified atom stereocenters. The van der Waals surface area contributed by atoms with Gasteiger partial charge < -0.3 is 19.9 Å². The summed E-state index contributed by atoms with van der Waals surface area (Å²) in [7, 11) is 0.542. The van der Waals surface area contributed by atoms with E-state index in [4.69, 9.17) is 9.47 Å². The van der Waals surface area contributed by atoms with Crippen molar-refractivity contribution in [3.63, 3.8) is 0 Å². The van der Waals surface area contributed by atoms with E-state index in [1.165, 1.54) is 51.5 Å². The predicted octanol–water partition coefficient (Wildman–Crippen LogP) is 1.76. The fourth-order valence-electron chi connectivity index (χ4n) is 2.36. The maximum absolute atomic E-state index is 12.4. The molecule has 0 radical (unpaired) electrons. The van der Waals surface area contributed by atoms with Gasteiger partial charge in [-0.1, -0.05) is 6.07 Å². The van der Waals surface area contributed by atoms with Crippen molar-refractivity contribution < 1.29 is 32.6 Å². The molecule has 0 heterocycles. The van der Waals surface area contributed by atoms with Gasteiger partial charge in [-0.25, -0.2) is 17.5 Å². The number of nitrogens with one attached hydrogen (secondary N) is 1. The SMILES string of the molecule is COc1ccc(O)c(C(=O)OCC(=O)Nc2ccc(C)c(S(=O)(=O)N(C)C)c2)c1. The van der Waals surface area contributed by atoms with Gasteiger partial charge in [0.05, 0.1) is 12.0 Å². The monoisotopic (exact) mass is 422 g/mol. The van der Waals surface area contributed by atoms with E-state index >= 15 is 0 Å². The first-order chi connectivity index (χ1) is 13.6. The number of nitrogens with zero attached hydrogens (tertiary/aromatic N) is 1. The second-order valence-corrected chi connectivity index (χ2v) is 8.40. The molecule has 2 rings (SSSR count). The lowest BCUT2D eigenvalue weighted by Gasteiger charge is -2.15. The number of sulfonamides is 1. The molecule has 0 bridgehead atoms. The van der Waals surface area contributed by atoms with Gasteiger partial charge in [0.15, 0.2) is 6.61 Å². The van der Waals surface area contributed by atoms with E-state index in [0.717, 1.165) is 4.31 Å². The summed E-state index contributed by atoms with van der Waals surface area (Å²) < 4.78 is 35.7. The third-order valence-corrected chi connectivity index (χ3v) is 5.95. The van der Waals surface area contributed by atoms with Crippen LogP contribution in [0.4, 0.5) is 5.69 Å². The summed E-state index contributed by atoms with van der Waals surface area (Å²) in [5.74, 6) is -1.55. The molecule has 0 fully saturated rings. The van der Waals surface area contributed by atoms with E-state index < -0.39 is 28.5 Å². The molecule has 2 aromatic rings. The normalized spacial score (nSPS) is 11.2. The number of anilines is 1. The molecule has 0 aliphatic heterocycles. The van der Waals surface area contributed by atoms with Gasteiger partial charge in [0.1, 0.15) is 17.1 Å². The zero-order chi connectivity index (χ0) is 21.8. The summed E-state index contributed by atoms with van der Waals surface area (Å²) in [4.78, 5) is 24.2. The van der Waals surface area contributed by atoms with Crippen LogP contribution in [0.2, 0.25) is 0 Å². The second-order valence-electron chi connectivity index (χ2n) is 6.28. The Bertz CT molecular complexity index is 1030. The highest BCUT2D eigenvalue weighted by Gasteiger charge is 2.21. The van der Waals surface area contributed by atoms with Gasteiger partial charge >= 0.3 is 5.97 Å². The number of aromatic hydroxyl groups is 1. The predicted molar refractivity (Wildman–Crippen MR) is 106 cm³/mol. The van der Waals surface area contributed by atoms with Crippen LogP contribution in [0.15, 0.2) is 41.3 Å². The topological polar surface area (TPSA) is 122 Å². The quantitative estimate of drug-likeness (QED) is 0.652. The Labute approximate surface area is 168 Å². The van der Waals surface area contributed by atoms with Crippen molar-refractivity contribution in [1.29, 1.82) is 0 Å². The minimum Gasteiger partial charge on any atom is -0.507 e. The lowest BCUT2D eigenvalue weighted by molar-refractivity contribution is -0.119. The highest BCUT2D eigenvalue weighted by molar-refractivity contribution is 7.89. The third kappa shape index (κ3) is 5.24. The molecular weight excluding hydrogens is 400 g/mol. The zero-order valence-electron chi connectivity index (χ0n) is 16.4. The molecule has 2 N–H and O–H groups in total. The Morgan fingerprint density at radius 3 is 2.45 bits per heavy atom. The van der Waals surface area contributed by atoms with E-state index in [1.807, 2.05) is 0 Å². The second kappa shape index (κ2) is 8.93. The maximum atomic E-state index is 12.4. The van der Waals surface area contributed by atoms with Crippen LogP contribution >= 0.6 is 0 Å². The molecule has 0 aliphatic rings. The molecule has 0 saturated carbocycles. The Morgan fingerprint density at radius 1 is 1.14 bits per heavy atom. The van der Waals surface area contributed by atoms with Crippen LogP contribution in [0.25, 0.3) is 0 Å². The Hall–Kier alpha value is -3.11. The van der Waals surface area contributed by atoms with Crippen molar-refractivity contribution in [1.82, 2.24) is 4.31 Å². The number of rotatable bonds is 7. The Kier molecular flexibility index (Phi) is 6.83. The van der Waals surface area contributed by atoms with Crippen molar-refractivity contribution >= 4 is 27.6 Å². The first-order valence-corrected chi connectivity index (χ1v) is 9.87. The van der Waals surface area contributed by atoms with E-state index in [-0.39, 0.29) is 21.9 Å². The number of amides is 1. The smallest absolute Gasteiger partial charge is 0.342 e. The first kappa shape index (κ1) is 22.2. The number of hydrogen-bond acceptors (Lipinski definition) is 7. The van der Waals surface area contributed by atoms with Crippen LogP contribution in [0.5, 0.6) is 11.5 Å². The van der Waals surface area contributed by atoms with Crippen LogP contribution in [0, 0.1) is 6.92 Å². The average molecular weight is 422 g/mol. The lowest BCUT2D eigenvalue weighted by atomic mass is 10.2. The van der Waals surface area contributed by atoms with Crippen LogP contribution in [0.1, 0.15) is 15.9 Å². The number of esters is 1. The zero-order valence-corrected chi connectivity index (χ0v) is 17.2. The van der Waals surface area contributed by atoms with Gasteiger partial charge in [-0.05, 0) is 42.8 Å². The van der Waals surface area contributed by atoms with E-state index in [1.54, 1.807) is 13.0 Å². The third-order valence-electron chi connectivity index (χ3n) is 3.99. The number of aryl methyl sites for hydroxylation is 1. The number of hydrogen-bond donors (Lipinski definition) is 2. The molecule has 29 heavy (non-hydrogen) atoms. The maximum Gasteiger partial charge on any atom is 0.342 e. The fraction of sp³-hybridized carbons (Fsp3) is 0.263. The minimum atomic E-state index is -3.68. The highest BCUT2D eigenvalue weighted by atomic mass is 32.2. The van der Waals surface area contributed by atoms with Gasteiger partial charge in [-0.15, -0.1) is 0 Å². The summed E-state index contributed by atoms with van der Waals surface area (Å²) in [6.07, 6.45) is 0. The first-order valence-electron chi connectivity index (χ1n) is 8.43. The fourth-order valence-corrected chi connectivity index (χ4v) is 3.51. The van der Waals surface area contributed by atoms with E-state index in [0.29, 0.717) is 11.3 Å². The molecule has 2 aromatic carbocycles. The molecule has 9 nitrogen and oxygen atoms in total. The molecular formula is C19H22N2O7S. The number of phenols is 1. The average Bonchev–Trinajstić information content (AvgIpc) is 2.67. The van der Waals surface area contributed by atoms with Crippen molar-refractivity contribution in [2.45, 2.75) is 11.8 Å². The summed E-state index contributed by atoms with van der Waals surface area (Å²) in [6.45, 7) is 1.02. The van der Waals surface area contributed by atoms with Crippen molar-refractivity contribution in [3.8, 4) is 11.5 Å². The molecule has 0 saturated heterocycles. The number of phenolic OH excluding ortho intramolecular Hbond substituents is 1. The van der Waals surface area contributed by atoms with Gasteiger partial charge in [0, 0.05) is 19.8 Å². The van der Waals surface area contributed by atoms with Crippen molar-refractivity contribution in [3.05, 3.63) is 47.5 Å². The summed E-state index contributed by atoms with van der Waals surface area (Å²) >= 11 is 0. The minimum absolute atomic E-state index is 0.0543. The Balaban J connectivity index is 2.08.